The molecule has 6 nitrogen and oxygen atoms in total. The highest BCUT2D eigenvalue weighted by Gasteiger charge is 2.34. The van der Waals surface area contributed by atoms with Gasteiger partial charge in [0.1, 0.15) is 5.75 Å². The first-order chi connectivity index (χ1) is 14.3. The minimum atomic E-state index is -0.977. The monoisotopic (exact) mass is 418 g/mol. The van der Waals surface area contributed by atoms with Gasteiger partial charge in [-0.15, -0.1) is 0 Å². The second-order valence-electron chi connectivity index (χ2n) is 9.09. The van der Waals surface area contributed by atoms with Gasteiger partial charge in [-0.3, -0.25) is 4.79 Å². The Morgan fingerprint density at radius 3 is 2.50 bits per heavy atom. The summed E-state index contributed by atoms with van der Waals surface area (Å²) < 4.78 is 10.3. The summed E-state index contributed by atoms with van der Waals surface area (Å²) in [7, 11) is 4.13. The lowest BCUT2D eigenvalue weighted by molar-refractivity contribution is -0.141. The molecule has 1 aliphatic rings. The number of rotatable bonds is 9. The average Bonchev–Trinajstić information content (AvgIpc) is 2.68. The van der Waals surface area contributed by atoms with Crippen molar-refractivity contribution in [2.45, 2.75) is 64.7 Å². The summed E-state index contributed by atoms with van der Waals surface area (Å²) in [4.78, 5) is 26.7. The lowest BCUT2D eigenvalue weighted by Gasteiger charge is -2.35. The molecule has 0 amide bonds. The number of carbonyl (C=O) groups is 2. The molecule has 0 saturated heterocycles. The quantitative estimate of drug-likeness (QED) is 0.355. The van der Waals surface area contributed by atoms with Gasteiger partial charge in [0.25, 0.3) is 0 Å². The number of carbonyl (C=O) groups excluding carboxylic acids is 2. The zero-order chi connectivity index (χ0) is 22.1. The molecule has 1 aromatic carbocycles. The van der Waals surface area contributed by atoms with Crippen LogP contribution in [-0.2, 0) is 9.53 Å². The third-order valence-corrected chi connectivity index (χ3v) is 6.33. The molecule has 0 heterocycles. The smallest absolute Gasteiger partial charge is 0.395 e. The van der Waals surface area contributed by atoms with Gasteiger partial charge in [0, 0.05) is 6.54 Å². The van der Waals surface area contributed by atoms with E-state index in [1.54, 1.807) is 6.07 Å². The van der Waals surface area contributed by atoms with E-state index in [2.05, 4.69) is 38.9 Å². The van der Waals surface area contributed by atoms with Crippen molar-refractivity contribution < 1.29 is 19.1 Å². The van der Waals surface area contributed by atoms with E-state index in [0.717, 1.165) is 44.2 Å². The molecule has 2 unspecified atom stereocenters. The predicted octanol–water partition coefficient (Wildman–Crippen LogP) is 4.72. The van der Waals surface area contributed by atoms with Gasteiger partial charge in [-0.2, -0.15) is 0 Å². The number of esters is 1. The van der Waals surface area contributed by atoms with Crippen molar-refractivity contribution in [3.63, 3.8) is 0 Å². The Morgan fingerprint density at radius 2 is 1.90 bits per heavy atom. The minimum absolute atomic E-state index is 0.165. The van der Waals surface area contributed by atoms with Crippen LogP contribution in [0.4, 0.5) is 4.79 Å². The molecule has 0 radical (unpaired) electrons. The van der Waals surface area contributed by atoms with Gasteiger partial charge < -0.3 is 20.1 Å². The fraction of sp³-hybridized carbons (Fsp3) is 0.667. The van der Waals surface area contributed by atoms with Crippen LogP contribution in [0.25, 0.3) is 0 Å². The van der Waals surface area contributed by atoms with Crippen LogP contribution in [0.1, 0.15) is 70.3 Å². The second kappa shape index (κ2) is 11.5. The average molecular weight is 419 g/mol. The van der Waals surface area contributed by atoms with E-state index in [1.807, 2.05) is 12.1 Å². The Hall–Kier alpha value is -1.92. The van der Waals surface area contributed by atoms with Gasteiger partial charge in [-0.25, -0.2) is 4.79 Å². The SMILES string of the molecule is CCC(c1cccc(OC(=O)OC(=O)CC2(CN)CCCCC2)c1)C(C)CN(C)C. The molecule has 168 valence electrons. The highest BCUT2D eigenvalue weighted by Crippen LogP contribution is 2.38. The summed E-state index contributed by atoms with van der Waals surface area (Å²) in [6.45, 7) is 5.80. The van der Waals surface area contributed by atoms with Gasteiger partial charge in [-0.05, 0) is 74.8 Å². The van der Waals surface area contributed by atoms with Gasteiger partial charge in [-0.1, -0.05) is 45.2 Å². The molecule has 0 aromatic heterocycles. The van der Waals surface area contributed by atoms with Gasteiger partial charge >= 0.3 is 12.1 Å². The minimum Gasteiger partial charge on any atom is -0.395 e. The Morgan fingerprint density at radius 1 is 1.20 bits per heavy atom. The maximum absolute atomic E-state index is 12.3. The lowest BCUT2D eigenvalue weighted by Crippen LogP contribution is -2.36. The van der Waals surface area contributed by atoms with E-state index in [9.17, 15) is 9.59 Å². The first-order valence-electron chi connectivity index (χ1n) is 11.2. The molecule has 6 heteroatoms. The molecule has 1 aromatic rings. The zero-order valence-corrected chi connectivity index (χ0v) is 19.0. The first kappa shape index (κ1) is 24.4. The third-order valence-electron chi connectivity index (χ3n) is 6.33. The summed E-state index contributed by atoms with van der Waals surface area (Å²) in [5.74, 6) is 0.641. The molecule has 2 atom stereocenters. The number of ether oxygens (including phenoxy) is 2. The molecule has 30 heavy (non-hydrogen) atoms. The summed E-state index contributed by atoms with van der Waals surface area (Å²) >= 11 is 0. The Labute approximate surface area is 181 Å². The van der Waals surface area contributed by atoms with Crippen molar-refractivity contribution >= 4 is 12.1 Å². The predicted molar refractivity (Wildman–Crippen MR) is 118 cm³/mol. The van der Waals surface area contributed by atoms with Gasteiger partial charge in [0.05, 0.1) is 6.42 Å². The Bertz CT molecular complexity index is 698. The molecule has 2 N–H and O–H groups in total. The van der Waals surface area contributed by atoms with Crippen LogP contribution >= 0.6 is 0 Å². The summed E-state index contributed by atoms with van der Waals surface area (Å²) in [6, 6.07) is 7.50. The van der Waals surface area contributed by atoms with E-state index in [-0.39, 0.29) is 11.8 Å². The van der Waals surface area contributed by atoms with E-state index in [4.69, 9.17) is 15.2 Å². The molecular weight excluding hydrogens is 380 g/mol. The molecule has 1 fully saturated rings. The van der Waals surface area contributed by atoms with Crippen LogP contribution in [0, 0.1) is 11.3 Å². The lowest BCUT2D eigenvalue weighted by atomic mass is 9.72. The molecule has 1 aliphatic carbocycles. The van der Waals surface area contributed by atoms with Crippen molar-refractivity contribution in [2.75, 3.05) is 27.2 Å². The molecule has 1 saturated carbocycles. The molecule has 0 aliphatic heterocycles. The van der Waals surface area contributed by atoms with Crippen LogP contribution in [0.3, 0.4) is 0 Å². The zero-order valence-electron chi connectivity index (χ0n) is 19.0. The highest BCUT2D eigenvalue weighted by molar-refractivity contribution is 5.83. The Kier molecular flexibility index (Phi) is 9.31. The van der Waals surface area contributed by atoms with Crippen molar-refractivity contribution in [1.29, 1.82) is 0 Å². The second-order valence-corrected chi connectivity index (χ2v) is 9.09. The summed E-state index contributed by atoms with van der Waals surface area (Å²) in [6.07, 6.45) is 5.27. The molecule has 2 rings (SSSR count). The molecule has 0 spiro atoms. The third kappa shape index (κ3) is 7.10. The van der Waals surface area contributed by atoms with E-state index in [0.29, 0.717) is 24.1 Å². The molecular formula is C24H38N2O4. The largest absolute Gasteiger partial charge is 0.521 e. The number of hydrogen-bond acceptors (Lipinski definition) is 6. The topological polar surface area (TPSA) is 81.9 Å². The van der Waals surface area contributed by atoms with Gasteiger partial charge in [0.2, 0.25) is 0 Å². The van der Waals surface area contributed by atoms with Crippen LogP contribution in [0.5, 0.6) is 5.75 Å². The molecule has 0 bridgehead atoms. The van der Waals surface area contributed by atoms with Crippen molar-refractivity contribution in [3.05, 3.63) is 29.8 Å². The van der Waals surface area contributed by atoms with E-state index >= 15 is 0 Å². The van der Waals surface area contributed by atoms with E-state index < -0.39 is 12.1 Å². The van der Waals surface area contributed by atoms with Crippen LogP contribution in [0.15, 0.2) is 24.3 Å². The maximum atomic E-state index is 12.3. The first-order valence-corrected chi connectivity index (χ1v) is 11.2. The normalized spacial score (nSPS) is 17.9. The Balaban J connectivity index is 1.96. The summed E-state index contributed by atoms with van der Waals surface area (Å²) in [5, 5.41) is 0. The van der Waals surface area contributed by atoms with Crippen molar-refractivity contribution in [1.82, 2.24) is 4.90 Å². The summed E-state index contributed by atoms with van der Waals surface area (Å²) in [5.41, 5.74) is 6.80. The number of nitrogens with zero attached hydrogens (tertiary/aromatic N) is 1. The number of nitrogens with two attached hydrogens (primary N) is 1. The number of benzene rings is 1. The van der Waals surface area contributed by atoms with Crippen LogP contribution in [-0.4, -0.2) is 44.2 Å². The van der Waals surface area contributed by atoms with E-state index in [1.165, 1.54) is 6.42 Å². The van der Waals surface area contributed by atoms with Crippen LogP contribution in [0.2, 0.25) is 0 Å². The van der Waals surface area contributed by atoms with Crippen molar-refractivity contribution in [2.24, 2.45) is 17.1 Å². The number of hydrogen-bond donors (Lipinski definition) is 1. The fourth-order valence-electron chi connectivity index (χ4n) is 4.79. The standard InChI is InChI=1S/C24H38N2O4/c1-5-21(18(2)16-26(3)4)19-10-9-11-20(14-19)29-23(28)30-22(27)15-24(17-25)12-7-6-8-13-24/h9-11,14,18,21H,5-8,12-13,15-17,25H2,1-4H3. The van der Waals surface area contributed by atoms with Gasteiger partial charge in [0.15, 0.2) is 0 Å². The maximum Gasteiger partial charge on any atom is 0.521 e. The highest BCUT2D eigenvalue weighted by atomic mass is 16.7. The van der Waals surface area contributed by atoms with Crippen LogP contribution < -0.4 is 10.5 Å². The van der Waals surface area contributed by atoms with Crippen molar-refractivity contribution in [3.8, 4) is 5.75 Å². The fourth-order valence-corrected chi connectivity index (χ4v) is 4.79.